The summed E-state index contributed by atoms with van der Waals surface area (Å²) in [5, 5.41) is 5.94. The molecule has 0 N–H and O–H groups in total. The lowest BCUT2D eigenvalue weighted by molar-refractivity contribution is 1.29. The maximum Gasteiger partial charge on any atom is 0.124 e. The monoisotopic (exact) mass is 740 g/mol. The van der Waals surface area contributed by atoms with Crippen LogP contribution in [0.2, 0.25) is 0 Å². The van der Waals surface area contributed by atoms with E-state index < -0.39 is 0 Å². The molecule has 4 aromatic heterocycles. The molecule has 258 valence electrons. The minimum atomic E-state index is 0.459. The van der Waals surface area contributed by atoms with Crippen LogP contribution in [0.5, 0.6) is 0 Å². The second kappa shape index (κ2) is 13.0. The van der Waals surface area contributed by atoms with Crippen molar-refractivity contribution >= 4 is 92.7 Å². The topological polar surface area (TPSA) is 54.8 Å². The molecule has 0 bridgehead atoms. The first-order chi connectivity index (χ1) is 27.6. The summed E-state index contributed by atoms with van der Waals surface area (Å²) >= 11 is 3.41. The van der Waals surface area contributed by atoms with Crippen LogP contribution in [0, 0.1) is 0 Å². The zero-order valence-electron chi connectivity index (χ0n) is 30.2. The number of aromatic nitrogens is 4. The van der Waals surface area contributed by atoms with Crippen molar-refractivity contribution in [1.29, 1.82) is 0 Å². The quantitative estimate of drug-likeness (QED) is 0.159. The summed E-state index contributed by atoms with van der Waals surface area (Å²) in [6, 6.07) is 55.0. The lowest BCUT2D eigenvalue weighted by Crippen LogP contribution is -2.09. The Morgan fingerprint density at radius 3 is 1.75 bits per heavy atom. The molecule has 0 fully saturated rings. The summed E-state index contributed by atoms with van der Waals surface area (Å²) < 4.78 is 11.7. The molecule has 11 rings (SSSR count). The Kier molecular flexibility index (Phi) is 7.21. The number of benzene rings is 7. The number of para-hydroxylation sites is 2. The van der Waals surface area contributed by atoms with Gasteiger partial charge in [-0.25, -0.2) is 9.97 Å². The van der Waals surface area contributed by atoms with Gasteiger partial charge in [0.05, 0.1) is 32.8 Å². The van der Waals surface area contributed by atoms with E-state index >= 15 is 0 Å². The highest BCUT2D eigenvalue weighted by molar-refractivity contribution is 7.22. The summed E-state index contributed by atoms with van der Waals surface area (Å²) in [7, 11) is 0. The predicted octanol–water partition coefficient (Wildman–Crippen LogP) is 13.6. The van der Waals surface area contributed by atoms with Crippen LogP contribution in [0.3, 0.4) is 0 Å². The molecule has 7 heteroatoms. The van der Waals surface area contributed by atoms with Crippen molar-refractivity contribution in [3.63, 3.8) is 0 Å². The summed E-state index contributed by atoms with van der Waals surface area (Å²) in [6.07, 6.45) is 3.65. The van der Waals surface area contributed by atoms with E-state index in [1.807, 2.05) is 42.7 Å². The molecule has 0 saturated carbocycles. The maximum atomic E-state index is 9.32. The van der Waals surface area contributed by atoms with Gasteiger partial charge in [0.1, 0.15) is 10.0 Å². The van der Waals surface area contributed by atoms with Crippen LogP contribution in [-0.4, -0.2) is 19.9 Å². The van der Waals surface area contributed by atoms with E-state index in [-0.39, 0.29) is 0 Å². The lowest BCUT2D eigenvalue weighted by atomic mass is 9.97. The van der Waals surface area contributed by atoms with Gasteiger partial charge in [0.2, 0.25) is 0 Å². The molecule has 7 aromatic carbocycles. The van der Waals surface area contributed by atoms with Crippen LogP contribution >= 0.6 is 22.7 Å². The molecule has 55 heavy (non-hydrogen) atoms. The van der Waals surface area contributed by atoms with Crippen molar-refractivity contribution in [2.45, 2.75) is 0 Å². The molecule has 0 atom stereocenters. The summed E-state index contributed by atoms with van der Waals surface area (Å²) in [4.78, 5) is 21.4. The SMILES string of the molecule is [2H]c1cc(-c2ccnc3c2ccc2cccnc23)cc2ccc(N(c3ccc(-c4nc5ccccc5s4)cc3)c3ccc(-c4nc5ccccc5s4)cc3)cc12. The van der Waals surface area contributed by atoms with Gasteiger partial charge in [-0.15, -0.1) is 22.7 Å². The van der Waals surface area contributed by atoms with Crippen LogP contribution < -0.4 is 4.90 Å². The van der Waals surface area contributed by atoms with E-state index in [9.17, 15) is 1.37 Å². The first-order valence-electron chi connectivity index (χ1n) is 18.5. The van der Waals surface area contributed by atoms with Gasteiger partial charge in [-0.05, 0) is 125 Å². The first-order valence-corrected chi connectivity index (χ1v) is 19.7. The average molecular weight is 741 g/mol. The number of hydrogen-bond acceptors (Lipinski definition) is 7. The second-order valence-electron chi connectivity index (χ2n) is 13.5. The molecule has 0 aliphatic rings. The van der Waals surface area contributed by atoms with Crippen molar-refractivity contribution in [2.24, 2.45) is 0 Å². The Morgan fingerprint density at radius 2 is 1.07 bits per heavy atom. The van der Waals surface area contributed by atoms with Gasteiger partial charge in [0.25, 0.3) is 0 Å². The molecule has 0 unspecified atom stereocenters. The minimum absolute atomic E-state index is 0.459. The second-order valence-corrected chi connectivity index (χ2v) is 15.5. The highest BCUT2D eigenvalue weighted by Crippen LogP contribution is 2.40. The maximum absolute atomic E-state index is 9.32. The molecule has 0 amide bonds. The molecular weight excluding hydrogens is 711 g/mol. The van der Waals surface area contributed by atoms with Gasteiger partial charge in [-0.2, -0.15) is 0 Å². The minimum Gasteiger partial charge on any atom is -0.310 e. The smallest absolute Gasteiger partial charge is 0.124 e. The summed E-state index contributed by atoms with van der Waals surface area (Å²) in [5.41, 5.74) is 10.9. The van der Waals surface area contributed by atoms with E-state index in [1.54, 1.807) is 22.7 Å². The Labute approximate surface area is 325 Å². The number of fused-ring (bicyclic) bond motifs is 6. The number of anilines is 3. The number of rotatable bonds is 6. The van der Waals surface area contributed by atoms with Gasteiger partial charge in [0, 0.05) is 51.4 Å². The Bertz CT molecular complexity index is 3100. The Balaban J connectivity index is 1.01. The Morgan fingerprint density at radius 1 is 0.455 bits per heavy atom. The number of nitrogens with zero attached hydrogens (tertiary/aromatic N) is 5. The molecule has 11 aromatic rings. The molecule has 0 radical (unpaired) electrons. The third kappa shape index (κ3) is 5.60. The average Bonchev–Trinajstić information content (AvgIpc) is 3.89. The van der Waals surface area contributed by atoms with Gasteiger partial charge < -0.3 is 4.90 Å². The zero-order chi connectivity index (χ0) is 37.2. The van der Waals surface area contributed by atoms with E-state index in [2.05, 4.69) is 137 Å². The highest BCUT2D eigenvalue weighted by Gasteiger charge is 2.16. The molecule has 0 aliphatic heterocycles. The molecular formula is C48H29N5S2. The van der Waals surface area contributed by atoms with Crippen molar-refractivity contribution in [1.82, 2.24) is 19.9 Å². The lowest BCUT2D eigenvalue weighted by Gasteiger charge is -2.26. The molecule has 4 heterocycles. The van der Waals surface area contributed by atoms with E-state index in [1.165, 1.54) is 9.40 Å². The summed E-state index contributed by atoms with van der Waals surface area (Å²) in [5.74, 6) is 0. The van der Waals surface area contributed by atoms with E-state index in [0.29, 0.717) is 6.04 Å². The fraction of sp³-hybridized carbons (Fsp3) is 0. The molecule has 5 nitrogen and oxygen atoms in total. The third-order valence-corrected chi connectivity index (χ3v) is 12.3. The number of hydrogen-bond donors (Lipinski definition) is 0. The summed E-state index contributed by atoms with van der Waals surface area (Å²) in [6.45, 7) is 0. The fourth-order valence-corrected chi connectivity index (χ4v) is 9.35. The van der Waals surface area contributed by atoms with Crippen molar-refractivity contribution in [3.05, 3.63) is 176 Å². The predicted molar refractivity (Wildman–Crippen MR) is 232 cm³/mol. The Hall–Kier alpha value is -6.80. The molecule has 0 aliphatic carbocycles. The van der Waals surface area contributed by atoms with Crippen molar-refractivity contribution in [3.8, 4) is 32.3 Å². The van der Waals surface area contributed by atoms with Crippen LogP contribution in [-0.2, 0) is 0 Å². The van der Waals surface area contributed by atoms with Gasteiger partial charge in [-0.3, -0.25) is 9.97 Å². The standard InChI is InChI=1S/C48H29N5S2/c1-3-9-43-41(7-1)51-47(54-43)31-13-19-36(20-14-31)53(37-21-15-32(16-22-37)48-52-42-8-2-4-10-44(42)55-48)38-23-17-33-28-35(12-11-34(33)29-38)39-25-27-50-46-40(39)24-18-30-6-5-26-49-45(30)46/h1-29H/i11D. The van der Waals surface area contributed by atoms with Gasteiger partial charge in [0.15, 0.2) is 0 Å². The van der Waals surface area contributed by atoms with Crippen LogP contribution in [0.15, 0.2) is 176 Å². The van der Waals surface area contributed by atoms with Crippen LogP contribution in [0.25, 0.3) is 85.3 Å². The van der Waals surface area contributed by atoms with Crippen molar-refractivity contribution in [2.75, 3.05) is 4.90 Å². The van der Waals surface area contributed by atoms with Gasteiger partial charge >= 0.3 is 0 Å². The zero-order valence-corrected chi connectivity index (χ0v) is 30.9. The van der Waals surface area contributed by atoms with Crippen LogP contribution in [0.1, 0.15) is 1.37 Å². The van der Waals surface area contributed by atoms with Gasteiger partial charge in [-0.1, -0.05) is 60.6 Å². The largest absolute Gasteiger partial charge is 0.310 e. The number of pyridine rings is 2. The normalized spacial score (nSPS) is 11.9. The van der Waals surface area contributed by atoms with Crippen LogP contribution in [0.4, 0.5) is 17.1 Å². The van der Waals surface area contributed by atoms with E-state index in [0.717, 1.165) is 92.9 Å². The fourth-order valence-electron chi connectivity index (χ4n) is 7.40. The molecule has 0 spiro atoms. The van der Waals surface area contributed by atoms with Crippen molar-refractivity contribution < 1.29 is 1.37 Å². The highest BCUT2D eigenvalue weighted by atomic mass is 32.1. The van der Waals surface area contributed by atoms with E-state index in [4.69, 9.17) is 15.0 Å². The first kappa shape index (κ1) is 30.6. The molecule has 0 saturated heterocycles. The third-order valence-electron chi connectivity index (χ3n) is 10.1. The number of thiazole rings is 2.